The van der Waals surface area contributed by atoms with E-state index in [0.29, 0.717) is 18.4 Å². The molecule has 1 amide bonds. The van der Waals surface area contributed by atoms with Crippen LogP contribution in [-0.2, 0) is 4.79 Å². The molecule has 2 atom stereocenters. The Morgan fingerprint density at radius 1 is 1.47 bits per heavy atom. The van der Waals surface area contributed by atoms with Crippen LogP contribution in [0.5, 0.6) is 0 Å². The number of benzene rings is 1. The van der Waals surface area contributed by atoms with Crippen molar-refractivity contribution >= 4 is 5.91 Å². The van der Waals surface area contributed by atoms with E-state index in [4.69, 9.17) is 0 Å². The highest BCUT2D eigenvalue weighted by molar-refractivity contribution is 5.76. The Hall–Kier alpha value is -1.35. The molecule has 3 heteroatoms. The fourth-order valence-electron chi connectivity index (χ4n) is 2.55. The monoisotopic (exact) mass is 232 g/mol. The van der Waals surface area contributed by atoms with E-state index < -0.39 is 0 Å². The van der Waals surface area contributed by atoms with Crippen LogP contribution in [0.4, 0.5) is 0 Å². The first kappa shape index (κ1) is 12.1. The SMILES string of the molecule is CNC(=O)C[C@@H](c1ccccc1)[C@@H]1CCCN1. The summed E-state index contributed by atoms with van der Waals surface area (Å²) in [5.74, 6) is 0.409. The van der Waals surface area contributed by atoms with Gasteiger partial charge in [0.15, 0.2) is 0 Å². The number of carbonyl (C=O) groups is 1. The minimum Gasteiger partial charge on any atom is -0.359 e. The standard InChI is InChI=1S/C14H20N2O/c1-15-14(17)10-12(13-8-5-9-16-13)11-6-3-2-4-7-11/h2-4,6-7,12-13,16H,5,8-10H2,1H3,(H,15,17)/t12-,13-/m0/s1. The molecular weight excluding hydrogens is 212 g/mol. The molecule has 1 saturated heterocycles. The second kappa shape index (κ2) is 5.82. The Morgan fingerprint density at radius 2 is 2.24 bits per heavy atom. The second-order valence-corrected chi connectivity index (χ2v) is 4.60. The van der Waals surface area contributed by atoms with Crippen molar-refractivity contribution in [1.29, 1.82) is 0 Å². The Bertz CT molecular complexity index is 358. The third kappa shape index (κ3) is 3.07. The molecule has 0 spiro atoms. The highest BCUT2D eigenvalue weighted by Crippen LogP contribution is 2.28. The van der Waals surface area contributed by atoms with Crippen LogP contribution >= 0.6 is 0 Å². The molecule has 0 unspecified atom stereocenters. The van der Waals surface area contributed by atoms with Crippen molar-refractivity contribution in [2.24, 2.45) is 0 Å². The van der Waals surface area contributed by atoms with Crippen molar-refractivity contribution in [2.45, 2.75) is 31.2 Å². The maximum absolute atomic E-state index is 11.6. The predicted molar refractivity (Wildman–Crippen MR) is 68.9 cm³/mol. The van der Waals surface area contributed by atoms with Gasteiger partial charge in [-0.3, -0.25) is 4.79 Å². The smallest absolute Gasteiger partial charge is 0.220 e. The maximum atomic E-state index is 11.6. The molecule has 0 radical (unpaired) electrons. The molecule has 0 aliphatic carbocycles. The highest BCUT2D eigenvalue weighted by atomic mass is 16.1. The minimum atomic E-state index is 0.118. The van der Waals surface area contributed by atoms with Crippen molar-refractivity contribution in [3.8, 4) is 0 Å². The molecule has 1 fully saturated rings. The summed E-state index contributed by atoms with van der Waals surface area (Å²) >= 11 is 0. The van der Waals surface area contributed by atoms with Crippen LogP contribution < -0.4 is 10.6 Å². The largest absolute Gasteiger partial charge is 0.359 e. The van der Waals surface area contributed by atoms with Crippen molar-refractivity contribution in [1.82, 2.24) is 10.6 Å². The van der Waals surface area contributed by atoms with Gasteiger partial charge in [0, 0.05) is 25.4 Å². The highest BCUT2D eigenvalue weighted by Gasteiger charge is 2.27. The summed E-state index contributed by atoms with van der Waals surface area (Å²) in [6, 6.07) is 10.8. The van der Waals surface area contributed by atoms with Gasteiger partial charge < -0.3 is 10.6 Å². The average Bonchev–Trinajstić information content (AvgIpc) is 2.90. The molecule has 0 saturated carbocycles. The third-order valence-electron chi connectivity index (χ3n) is 3.50. The van der Waals surface area contributed by atoms with Crippen LogP contribution in [0, 0.1) is 0 Å². The summed E-state index contributed by atoms with van der Waals surface area (Å²) in [5, 5.41) is 6.23. The van der Waals surface area contributed by atoms with Gasteiger partial charge in [-0.1, -0.05) is 30.3 Å². The van der Waals surface area contributed by atoms with Crippen molar-refractivity contribution < 1.29 is 4.79 Å². The number of rotatable bonds is 4. The van der Waals surface area contributed by atoms with Gasteiger partial charge in [0.1, 0.15) is 0 Å². The maximum Gasteiger partial charge on any atom is 0.220 e. The van der Waals surface area contributed by atoms with Crippen LogP contribution in [-0.4, -0.2) is 25.5 Å². The van der Waals surface area contributed by atoms with E-state index >= 15 is 0 Å². The average molecular weight is 232 g/mol. The van der Waals surface area contributed by atoms with Crippen LogP contribution in [0.15, 0.2) is 30.3 Å². The number of nitrogens with one attached hydrogen (secondary N) is 2. The zero-order valence-electron chi connectivity index (χ0n) is 10.3. The number of hydrogen-bond donors (Lipinski definition) is 2. The summed E-state index contributed by atoms with van der Waals surface area (Å²) in [5.41, 5.74) is 1.26. The first-order valence-electron chi connectivity index (χ1n) is 6.30. The molecule has 1 aromatic carbocycles. The third-order valence-corrected chi connectivity index (χ3v) is 3.50. The van der Waals surface area contributed by atoms with E-state index in [0.717, 1.165) is 13.0 Å². The number of hydrogen-bond acceptors (Lipinski definition) is 2. The predicted octanol–water partition coefficient (Wildman–Crippen LogP) is 1.66. The zero-order chi connectivity index (χ0) is 12.1. The van der Waals surface area contributed by atoms with Crippen molar-refractivity contribution in [3.63, 3.8) is 0 Å². The van der Waals surface area contributed by atoms with Gasteiger partial charge in [0.05, 0.1) is 0 Å². The van der Waals surface area contributed by atoms with E-state index in [2.05, 4.69) is 22.8 Å². The summed E-state index contributed by atoms with van der Waals surface area (Å²) < 4.78 is 0. The molecule has 1 aliphatic rings. The lowest BCUT2D eigenvalue weighted by atomic mass is 9.87. The normalized spacial score (nSPS) is 21.1. The van der Waals surface area contributed by atoms with Gasteiger partial charge in [-0.15, -0.1) is 0 Å². The molecular formula is C14H20N2O. The van der Waals surface area contributed by atoms with Crippen LogP contribution in [0.25, 0.3) is 0 Å². The lowest BCUT2D eigenvalue weighted by Crippen LogP contribution is -2.32. The summed E-state index contributed by atoms with van der Waals surface area (Å²) in [6.07, 6.45) is 2.94. The molecule has 92 valence electrons. The van der Waals surface area contributed by atoms with E-state index in [1.165, 1.54) is 12.0 Å². The van der Waals surface area contributed by atoms with Crippen molar-refractivity contribution in [2.75, 3.05) is 13.6 Å². The fraction of sp³-hybridized carbons (Fsp3) is 0.500. The first-order valence-corrected chi connectivity index (χ1v) is 6.30. The van der Waals surface area contributed by atoms with Gasteiger partial charge in [-0.05, 0) is 24.9 Å². The molecule has 17 heavy (non-hydrogen) atoms. The van der Waals surface area contributed by atoms with E-state index in [9.17, 15) is 4.79 Å². The molecule has 1 heterocycles. The summed E-state index contributed by atoms with van der Waals surface area (Å²) in [7, 11) is 1.70. The van der Waals surface area contributed by atoms with Gasteiger partial charge in [-0.2, -0.15) is 0 Å². The van der Waals surface area contributed by atoms with Gasteiger partial charge in [-0.25, -0.2) is 0 Å². The Balaban J connectivity index is 2.14. The number of carbonyl (C=O) groups excluding carboxylic acids is 1. The fourth-order valence-corrected chi connectivity index (χ4v) is 2.55. The van der Waals surface area contributed by atoms with Gasteiger partial charge in [0.25, 0.3) is 0 Å². The van der Waals surface area contributed by atoms with Crippen molar-refractivity contribution in [3.05, 3.63) is 35.9 Å². The van der Waals surface area contributed by atoms with Gasteiger partial charge >= 0.3 is 0 Å². The molecule has 0 aromatic heterocycles. The molecule has 1 aromatic rings. The Labute approximate surface area is 103 Å². The molecule has 2 N–H and O–H groups in total. The molecule has 1 aliphatic heterocycles. The van der Waals surface area contributed by atoms with Crippen LogP contribution in [0.1, 0.15) is 30.7 Å². The summed E-state index contributed by atoms with van der Waals surface area (Å²) in [6.45, 7) is 1.07. The van der Waals surface area contributed by atoms with Crippen LogP contribution in [0.3, 0.4) is 0 Å². The van der Waals surface area contributed by atoms with E-state index in [-0.39, 0.29) is 5.91 Å². The zero-order valence-corrected chi connectivity index (χ0v) is 10.3. The number of amides is 1. The minimum absolute atomic E-state index is 0.118. The van der Waals surface area contributed by atoms with E-state index in [1.54, 1.807) is 7.05 Å². The van der Waals surface area contributed by atoms with Crippen LogP contribution in [0.2, 0.25) is 0 Å². The second-order valence-electron chi connectivity index (χ2n) is 4.60. The lowest BCUT2D eigenvalue weighted by molar-refractivity contribution is -0.121. The quantitative estimate of drug-likeness (QED) is 0.829. The van der Waals surface area contributed by atoms with E-state index in [1.807, 2.05) is 18.2 Å². The van der Waals surface area contributed by atoms with Gasteiger partial charge in [0.2, 0.25) is 5.91 Å². The molecule has 0 bridgehead atoms. The lowest BCUT2D eigenvalue weighted by Gasteiger charge is -2.23. The Morgan fingerprint density at radius 3 is 2.82 bits per heavy atom. The topological polar surface area (TPSA) is 41.1 Å². The summed E-state index contributed by atoms with van der Waals surface area (Å²) in [4.78, 5) is 11.6. The molecule has 3 nitrogen and oxygen atoms in total. The molecule has 2 rings (SSSR count). The Kier molecular flexibility index (Phi) is 4.15. The first-order chi connectivity index (χ1) is 8.31.